The molecule has 1 aromatic rings. The van der Waals surface area contributed by atoms with Gasteiger partial charge in [0, 0.05) is 11.3 Å². The van der Waals surface area contributed by atoms with Gasteiger partial charge in [-0.25, -0.2) is 4.39 Å². The number of hydrogen-bond donors (Lipinski definition) is 1. The molecule has 0 unspecified atom stereocenters. The van der Waals surface area contributed by atoms with E-state index in [1.165, 1.54) is 6.07 Å². The Morgan fingerprint density at radius 3 is 3.17 bits per heavy atom. The van der Waals surface area contributed by atoms with Gasteiger partial charge in [-0.1, -0.05) is 35.8 Å². The molecule has 1 heterocycles. The van der Waals surface area contributed by atoms with Crippen molar-refractivity contribution in [2.45, 2.75) is 24.8 Å². The Kier molecular flexibility index (Phi) is 2.89. The molecular weight excluding hydrogens is 246 g/mol. The lowest BCUT2D eigenvalue weighted by molar-refractivity contribution is 0.341. The summed E-state index contributed by atoms with van der Waals surface area (Å²) in [7, 11) is 5.80. The third-order valence-electron chi connectivity index (χ3n) is 3.98. The van der Waals surface area contributed by atoms with Crippen LogP contribution in [0.4, 0.5) is 4.39 Å². The van der Waals surface area contributed by atoms with Gasteiger partial charge in [0.15, 0.2) is 5.17 Å². The topological polar surface area (TPSA) is 38.4 Å². The lowest BCUT2D eigenvalue weighted by Gasteiger charge is -2.36. The zero-order valence-corrected chi connectivity index (χ0v) is 10.8. The van der Waals surface area contributed by atoms with Crippen molar-refractivity contribution in [1.82, 2.24) is 0 Å². The highest BCUT2D eigenvalue weighted by Gasteiger charge is 2.47. The molecule has 0 spiro atoms. The van der Waals surface area contributed by atoms with Crippen LogP contribution in [0.1, 0.15) is 24.8 Å². The lowest BCUT2D eigenvalue weighted by Crippen LogP contribution is -2.37. The first-order chi connectivity index (χ1) is 8.62. The second kappa shape index (κ2) is 4.30. The Morgan fingerprint density at radius 2 is 2.33 bits per heavy atom. The van der Waals surface area contributed by atoms with Crippen LogP contribution in [-0.4, -0.2) is 18.8 Å². The summed E-state index contributed by atoms with van der Waals surface area (Å²) in [6.45, 7) is 0. The van der Waals surface area contributed by atoms with Gasteiger partial charge in [-0.3, -0.25) is 4.99 Å². The molecule has 18 heavy (non-hydrogen) atoms. The summed E-state index contributed by atoms with van der Waals surface area (Å²) in [5.74, 6) is 1.06. The van der Waals surface area contributed by atoms with Crippen molar-refractivity contribution >= 4 is 30.2 Å². The average molecular weight is 260 g/mol. The number of rotatable bonds is 1. The number of hydrogen-bond acceptors (Lipinski definition) is 3. The molecule has 0 saturated heterocycles. The predicted molar refractivity (Wildman–Crippen MR) is 74.9 cm³/mol. The number of halogens is 1. The van der Waals surface area contributed by atoms with Crippen LogP contribution in [0.25, 0.3) is 0 Å². The maximum absolute atomic E-state index is 14.1. The standard InChI is InChI=1S/C13H14BFN2S/c14-9-3-4-11(15)10(6-9)13-5-1-2-8(13)7-18-12(16)17-13/h3-4,6,8H,1-2,5,7H2,(H2,16,17)/t8-,13-/m0/s1. The Bertz CT molecular complexity index is 520. The lowest BCUT2D eigenvalue weighted by atomic mass is 9.79. The monoisotopic (exact) mass is 260 g/mol. The van der Waals surface area contributed by atoms with Crippen LogP contribution in [0, 0.1) is 11.7 Å². The van der Waals surface area contributed by atoms with Gasteiger partial charge >= 0.3 is 0 Å². The van der Waals surface area contributed by atoms with Gasteiger partial charge in [0.05, 0.1) is 5.54 Å². The molecule has 2 radical (unpaired) electrons. The minimum atomic E-state index is -0.477. The SMILES string of the molecule is [B]c1ccc(F)c([C@]23CCC[C@H]2CSC(N)=N3)c1. The van der Waals surface area contributed by atoms with E-state index in [9.17, 15) is 4.39 Å². The van der Waals surface area contributed by atoms with E-state index in [2.05, 4.69) is 4.99 Å². The number of nitrogens with two attached hydrogens (primary N) is 1. The zero-order valence-electron chi connectivity index (χ0n) is 10.0. The molecule has 5 heteroatoms. The summed E-state index contributed by atoms with van der Waals surface area (Å²) in [4.78, 5) is 4.61. The number of benzene rings is 1. The molecule has 2 nitrogen and oxygen atoms in total. The Balaban J connectivity index is 2.17. The van der Waals surface area contributed by atoms with Crippen LogP contribution in [0.3, 0.4) is 0 Å². The van der Waals surface area contributed by atoms with Crippen molar-refractivity contribution in [2.75, 3.05) is 5.75 Å². The van der Waals surface area contributed by atoms with Crippen LogP contribution in [0.15, 0.2) is 23.2 Å². The highest BCUT2D eigenvalue weighted by atomic mass is 32.2. The van der Waals surface area contributed by atoms with Crippen LogP contribution in [0.5, 0.6) is 0 Å². The molecule has 0 amide bonds. The fourth-order valence-corrected chi connectivity index (χ4v) is 4.18. The molecule has 3 rings (SSSR count). The molecule has 1 aliphatic heterocycles. The summed E-state index contributed by atoms with van der Waals surface area (Å²) in [5.41, 5.74) is 6.58. The minimum Gasteiger partial charge on any atom is -0.379 e. The van der Waals surface area contributed by atoms with E-state index in [1.807, 2.05) is 0 Å². The van der Waals surface area contributed by atoms with Gasteiger partial charge in [-0.05, 0) is 24.8 Å². The first kappa shape index (κ1) is 12.1. The number of nitrogens with zero attached hydrogens (tertiary/aromatic N) is 1. The Labute approximate surface area is 112 Å². The zero-order chi connectivity index (χ0) is 12.8. The second-order valence-electron chi connectivity index (χ2n) is 5.01. The fourth-order valence-electron chi connectivity index (χ4n) is 3.13. The third kappa shape index (κ3) is 1.76. The van der Waals surface area contributed by atoms with Gasteiger partial charge in [0.25, 0.3) is 0 Å². The maximum atomic E-state index is 14.1. The van der Waals surface area contributed by atoms with Crippen molar-refractivity contribution in [2.24, 2.45) is 16.6 Å². The minimum absolute atomic E-state index is 0.223. The highest BCUT2D eigenvalue weighted by molar-refractivity contribution is 8.13. The summed E-state index contributed by atoms with van der Waals surface area (Å²) in [6, 6.07) is 4.74. The van der Waals surface area contributed by atoms with Gasteiger partial charge in [0.1, 0.15) is 13.7 Å². The number of thioether (sulfide) groups is 1. The van der Waals surface area contributed by atoms with Crippen molar-refractivity contribution in [3.63, 3.8) is 0 Å². The van der Waals surface area contributed by atoms with E-state index < -0.39 is 5.54 Å². The van der Waals surface area contributed by atoms with E-state index in [4.69, 9.17) is 13.6 Å². The molecule has 2 N–H and O–H groups in total. The number of amidine groups is 1. The number of aliphatic imine (C=N–C) groups is 1. The van der Waals surface area contributed by atoms with Crippen molar-refractivity contribution in [3.05, 3.63) is 29.6 Å². The Hall–Kier alpha value is -0.965. The predicted octanol–water partition coefficient (Wildman–Crippen LogP) is 1.68. The summed E-state index contributed by atoms with van der Waals surface area (Å²) in [6.07, 6.45) is 3.01. The molecule has 1 fully saturated rings. The average Bonchev–Trinajstić information content (AvgIpc) is 2.76. The van der Waals surface area contributed by atoms with E-state index in [0.717, 1.165) is 25.0 Å². The van der Waals surface area contributed by atoms with Crippen LogP contribution >= 0.6 is 11.8 Å². The fraction of sp³-hybridized carbons (Fsp3) is 0.462. The first-order valence-electron chi connectivity index (χ1n) is 6.15. The summed E-state index contributed by atoms with van der Waals surface area (Å²) >= 11 is 1.57. The molecule has 92 valence electrons. The van der Waals surface area contributed by atoms with E-state index in [1.54, 1.807) is 23.9 Å². The normalized spacial score (nSPS) is 30.9. The molecule has 2 aliphatic rings. The molecule has 1 saturated carbocycles. The molecule has 1 aromatic carbocycles. The van der Waals surface area contributed by atoms with Gasteiger partial charge in [-0.15, -0.1) is 0 Å². The smallest absolute Gasteiger partial charge is 0.154 e. The molecule has 1 aliphatic carbocycles. The van der Waals surface area contributed by atoms with Crippen molar-refractivity contribution < 1.29 is 4.39 Å². The van der Waals surface area contributed by atoms with Gasteiger partial charge < -0.3 is 5.73 Å². The van der Waals surface area contributed by atoms with E-state index >= 15 is 0 Å². The molecule has 0 bridgehead atoms. The highest BCUT2D eigenvalue weighted by Crippen LogP contribution is 2.51. The molecule has 2 atom stereocenters. The van der Waals surface area contributed by atoms with Crippen LogP contribution in [0.2, 0.25) is 0 Å². The van der Waals surface area contributed by atoms with Crippen LogP contribution < -0.4 is 11.2 Å². The molecular formula is C13H14BFN2S. The first-order valence-corrected chi connectivity index (χ1v) is 7.14. The van der Waals surface area contributed by atoms with Crippen molar-refractivity contribution in [1.29, 1.82) is 0 Å². The number of fused-ring (bicyclic) bond motifs is 1. The van der Waals surface area contributed by atoms with Gasteiger partial charge in [0.2, 0.25) is 0 Å². The largest absolute Gasteiger partial charge is 0.379 e. The van der Waals surface area contributed by atoms with Crippen LogP contribution in [-0.2, 0) is 5.54 Å². The maximum Gasteiger partial charge on any atom is 0.154 e. The molecule has 0 aromatic heterocycles. The second-order valence-corrected chi connectivity index (χ2v) is 6.05. The quantitative estimate of drug-likeness (QED) is 0.780. The Morgan fingerprint density at radius 1 is 1.50 bits per heavy atom. The van der Waals surface area contributed by atoms with Crippen molar-refractivity contribution in [3.8, 4) is 0 Å². The van der Waals surface area contributed by atoms with E-state index in [0.29, 0.717) is 22.1 Å². The van der Waals surface area contributed by atoms with Gasteiger partial charge in [-0.2, -0.15) is 0 Å². The summed E-state index contributed by atoms with van der Waals surface area (Å²) < 4.78 is 14.1. The third-order valence-corrected chi connectivity index (χ3v) is 4.94. The van der Waals surface area contributed by atoms with E-state index in [-0.39, 0.29) is 5.82 Å². The summed E-state index contributed by atoms with van der Waals surface area (Å²) in [5, 5.41) is 0.565.